The average Bonchev–Trinajstić information content (AvgIpc) is 3.02. The van der Waals surface area contributed by atoms with Gasteiger partial charge in [-0.05, 0) is 50.2 Å². The summed E-state index contributed by atoms with van der Waals surface area (Å²) in [7, 11) is 0. The van der Waals surface area contributed by atoms with Crippen LogP contribution in [0.25, 0.3) is 5.69 Å². The molecule has 6 heteroatoms. The molecule has 116 valence electrons. The van der Waals surface area contributed by atoms with Crippen LogP contribution in [0.3, 0.4) is 0 Å². The monoisotopic (exact) mass is 303 g/mol. The van der Waals surface area contributed by atoms with Crippen molar-refractivity contribution in [2.24, 2.45) is 0 Å². The number of hydrogen-bond donors (Lipinski definition) is 0. The molecule has 0 spiro atoms. The Morgan fingerprint density at radius 2 is 1.64 bits per heavy atom. The second-order valence-corrected chi connectivity index (χ2v) is 5.49. The van der Waals surface area contributed by atoms with Crippen molar-refractivity contribution in [3.63, 3.8) is 0 Å². The summed E-state index contributed by atoms with van der Waals surface area (Å²) in [6.45, 7) is 3.46. The first kappa shape index (κ1) is 14.7. The second kappa shape index (κ2) is 6.27. The van der Waals surface area contributed by atoms with Gasteiger partial charge in [0.25, 0.3) is 5.56 Å². The fourth-order valence-corrected chi connectivity index (χ4v) is 2.77. The molecule has 1 aromatic carbocycles. The quantitative estimate of drug-likeness (QED) is 0.853. The molecule has 0 unspecified atom stereocenters. The van der Waals surface area contributed by atoms with Gasteiger partial charge in [-0.25, -0.2) is 13.8 Å². The molecule has 0 amide bonds. The Kier molecular flexibility index (Phi) is 4.20. The zero-order valence-corrected chi connectivity index (χ0v) is 12.2. The molecule has 0 aliphatic carbocycles. The normalized spacial score (nSPS) is 15.3. The maximum absolute atomic E-state index is 13.0. The first-order chi connectivity index (χ1) is 10.6. The van der Waals surface area contributed by atoms with Crippen LogP contribution in [-0.2, 0) is 6.54 Å². The largest absolute Gasteiger partial charge is 0.335 e. The summed E-state index contributed by atoms with van der Waals surface area (Å²) in [5.74, 6) is -0.401. The summed E-state index contributed by atoms with van der Waals surface area (Å²) in [5.41, 5.74) is -0.417. The number of nitrogens with zero attached hydrogens (tertiary/aromatic N) is 3. The molecule has 0 N–H and O–H groups in total. The summed E-state index contributed by atoms with van der Waals surface area (Å²) in [6, 6.07) is 6.71. The Hall–Kier alpha value is -2.21. The van der Waals surface area contributed by atoms with Crippen LogP contribution in [0.1, 0.15) is 12.8 Å². The summed E-state index contributed by atoms with van der Waals surface area (Å²) >= 11 is 0. The van der Waals surface area contributed by atoms with Crippen LogP contribution in [0.5, 0.6) is 0 Å². The molecule has 0 saturated carbocycles. The number of halogens is 1. The Balaban J connectivity index is 1.90. The highest BCUT2D eigenvalue weighted by Crippen LogP contribution is 2.07. The van der Waals surface area contributed by atoms with Gasteiger partial charge in [0.05, 0.1) is 5.69 Å². The van der Waals surface area contributed by atoms with Crippen molar-refractivity contribution < 1.29 is 4.39 Å². The van der Waals surface area contributed by atoms with Gasteiger partial charge in [-0.1, -0.05) is 0 Å². The van der Waals surface area contributed by atoms with Crippen molar-refractivity contribution in [3.05, 3.63) is 63.2 Å². The van der Waals surface area contributed by atoms with Gasteiger partial charge in [-0.2, -0.15) is 0 Å². The van der Waals surface area contributed by atoms with Crippen molar-refractivity contribution in [1.29, 1.82) is 0 Å². The minimum absolute atomic E-state index is 0.381. The van der Waals surface area contributed by atoms with Gasteiger partial charge in [0.1, 0.15) is 5.82 Å². The highest BCUT2D eigenvalue weighted by atomic mass is 19.1. The summed E-state index contributed by atoms with van der Waals surface area (Å²) in [5, 5.41) is 0. The third kappa shape index (κ3) is 3.01. The van der Waals surface area contributed by atoms with E-state index in [4.69, 9.17) is 0 Å². The molecule has 1 fully saturated rings. The number of likely N-dealkylation sites (tertiary alicyclic amines) is 1. The number of aromatic nitrogens is 2. The first-order valence-corrected chi connectivity index (χ1v) is 7.46. The van der Waals surface area contributed by atoms with Crippen molar-refractivity contribution in [1.82, 2.24) is 14.0 Å². The van der Waals surface area contributed by atoms with Gasteiger partial charge < -0.3 is 4.90 Å². The lowest BCUT2D eigenvalue weighted by Crippen LogP contribution is -2.39. The average molecular weight is 303 g/mol. The predicted octanol–water partition coefficient (Wildman–Crippen LogP) is 1.23. The topological polar surface area (TPSA) is 47.2 Å². The minimum atomic E-state index is -0.408. The Morgan fingerprint density at radius 1 is 0.955 bits per heavy atom. The van der Waals surface area contributed by atoms with Crippen LogP contribution in [0.4, 0.5) is 4.39 Å². The number of hydrogen-bond acceptors (Lipinski definition) is 3. The SMILES string of the molecule is O=c1ccn(CCN2CCCC2)c(=O)n1-c1ccc(F)cc1. The summed E-state index contributed by atoms with van der Waals surface area (Å²) in [4.78, 5) is 26.8. The van der Waals surface area contributed by atoms with E-state index in [-0.39, 0.29) is 0 Å². The molecule has 5 nitrogen and oxygen atoms in total. The molecule has 0 bridgehead atoms. The van der Waals surface area contributed by atoms with Crippen LogP contribution in [0.15, 0.2) is 46.1 Å². The Morgan fingerprint density at radius 3 is 2.32 bits per heavy atom. The smallest absolute Gasteiger partial charge is 0.302 e. The van der Waals surface area contributed by atoms with Gasteiger partial charge in [-0.15, -0.1) is 0 Å². The van der Waals surface area contributed by atoms with Crippen molar-refractivity contribution in [2.75, 3.05) is 19.6 Å². The van der Waals surface area contributed by atoms with Crippen molar-refractivity contribution >= 4 is 0 Å². The van der Waals surface area contributed by atoms with E-state index < -0.39 is 17.1 Å². The molecule has 1 aliphatic heterocycles. The van der Waals surface area contributed by atoms with E-state index in [9.17, 15) is 14.0 Å². The lowest BCUT2D eigenvalue weighted by Gasteiger charge is -2.16. The zero-order valence-electron chi connectivity index (χ0n) is 12.2. The van der Waals surface area contributed by atoms with E-state index in [0.29, 0.717) is 12.2 Å². The van der Waals surface area contributed by atoms with Crippen LogP contribution in [0.2, 0.25) is 0 Å². The fourth-order valence-electron chi connectivity index (χ4n) is 2.77. The van der Waals surface area contributed by atoms with Gasteiger partial charge in [-0.3, -0.25) is 9.36 Å². The molecule has 2 aromatic rings. The number of rotatable bonds is 4. The third-order valence-corrected chi connectivity index (χ3v) is 4.00. The third-order valence-electron chi connectivity index (χ3n) is 4.00. The van der Waals surface area contributed by atoms with Crippen molar-refractivity contribution in [3.8, 4) is 5.69 Å². The Labute approximate surface area is 127 Å². The van der Waals surface area contributed by atoms with E-state index in [1.54, 1.807) is 0 Å². The van der Waals surface area contributed by atoms with E-state index in [1.165, 1.54) is 53.9 Å². The van der Waals surface area contributed by atoms with Crippen LogP contribution < -0.4 is 11.2 Å². The first-order valence-electron chi connectivity index (χ1n) is 7.46. The van der Waals surface area contributed by atoms with Crippen LogP contribution in [-0.4, -0.2) is 33.7 Å². The molecular weight excluding hydrogens is 285 g/mol. The maximum Gasteiger partial charge on any atom is 0.335 e. The number of benzene rings is 1. The maximum atomic E-state index is 13.0. The summed E-state index contributed by atoms with van der Waals surface area (Å²) < 4.78 is 15.6. The predicted molar refractivity (Wildman–Crippen MR) is 81.9 cm³/mol. The highest BCUT2D eigenvalue weighted by molar-refractivity contribution is 5.31. The lowest BCUT2D eigenvalue weighted by atomic mass is 10.3. The molecule has 1 aromatic heterocycles. The lowest BCUT2D eigenvalue weighted by molar-refractivity contribution is 0.318. The summed E-state index contributed by atoms with van der Waals surface area (Å²) in [6.07, 6.45) is 3.93. The van der Waals surface area contributed by atoms with E-state index in [0.717, 1.165) is 24.2 Å². The van der Waals surface area contributed by atoms with Crippen LogP contribution >= 0.6 is 0 Å². The molecule has 0 radical (unpaired) electrons. The molecule has 2 heterocycles. The van der Waals surface area contributed by atoms with Crippen molar-refractivity contribution in [2.45, 2.75) is 19.4 Å². The molecule has 1 saturated heterocycles. The Bertz CT molecular complexity index is 758. The van der Waals surface area contributed by atoms with Gasteiger partial charge >= 0.3 is 5.69 Å². The van der Waals surface area contributed by atoms with E-state index in [2.05, 4.69) is 4.90 Å². The van der Waals surface area contributed by atoms with Crippen LogP contribution in [0, 0.1) is 5.82 Å². The minimum Gasteiger partial charge on any atom is -0.302 e. The zero-order chi connectivity index (χ0) is 15.5. The molecule has 22 heavy (non-hydrogen) atoms. The van der Waals surface area contributed by atoms with Gasteiger partial charge in [0.2, 0.25) is 0 Å². The van der Waals surface area contributed by atoms with E-state index >= 15 is 0 Å². The molecule has 3 rings (SSSR count). The second-order valence-electron chi connectivity index (χ2n) is 5.49. The highest BCUT2D eigenvalue weighted by Gasteiger charge is 2.12. The van der Waals surface area contributed by atoms with Gasteiger partial charge in [0.15, 0.2) is 0 Å². The van der Waals surface area contributed by atoms with Gasteiger partial charge in [0, 0.05) is 25.4 Å². The standard InChI is InChI=1S/C16H18FN3O2/c17-13-3-5-14(6-4-13)20-15(21)7-10-19(16(20)22)12-11-18-8-1-2-9-18/h3-7,10H,1-2,8-9,11-12H2. The molecular formula is C16H18FN3O2. The van der Waals surface area contributed by atoms with E-state index in [1.807, 2.05) is 0 Å². The molecule has 1 aliphatic rings. The fraction of sp³-hybridized carbons (Fsp3) is 0.375. The molecule has 0 atom stereocenters.